The van der Waals surface area contributed by atoms with Crippen LogP contribution in [0, 0.1) is 5.82 Å². The number of benzene rings is 2. The highest BCUT2D eigenvalue weighted by molar-refractivity contribution is 5.94. The smallest absolute Gasteiger partial charge is 0.258 e. The minimum atomic E-state index is -0.310. The number of carbonyl (C=O) groups excluding carboxylic acids is 2. The molecule has 1 fully saturated rings. The van der Waals surface area contributed by atoms with Gasteiger partial charge in [0.15, 0.2) is 6.61 Å². The van der Waals surface area contributed by atoms with Crippen molar-refractivity contribution in [3.05, 3.63) is 53.3 Å². The van der Waals surface area contributed by atoms with Crippen LogP contribution in [0.2, 0.25) is 0 Å². The Hall–Kier alpha value is -3.13. The zero-order valence-corrected chi connectivity index (χ0v) is 18.3. The molecule has 32 heavy (non-hydrogen) atoms. The molecule has 0 bridgehead atoms. The van der Waals surface area contributed by atoms with E-state index in [1.807, 2.05) is 30.9 Å². The van der Waals surface area contributed by atoms with E-state index in [0.29, 0.717) is 42.9 Å². The third kappa shape index (κ3) is 5.37. The summed E-state index contributed by atoms with van der Waals surface area (Å²) in [7, 11) is 0. The van der Waals surface area contributed by atoms with E-state index in [0.717, 1.165) is 11.3 Å². The van der Waals surface area contributed by atoms with Gasteiger partial charge >= 0.3 is 0 Å². The molecule has 170 valence electrons. The lowest BCUT2D eigenvalue weighted by atomic mass is 10.0. The summed E-state index contributed by atoms with van der Waals surface area (Å²) >= 11 is 0. The number of amides is 2. The van der Waals surface area contributed by atoms with Gasteiger partial charge in [0.05, 0.1) is 17.9 Å². The predicted octanol–water partition coefficient (Wildman–Crippen LogP) is 3.02. The summed E-state index contributed by atoms with van der Waals surface area (Å²) < 4.78 is 26.0. The molecule has 0 aromatic heterocycles. The van der Waals surface area contributed by atoms with Crippen LogP contribution in [-0.4, -0.2) is 43.7 Å². The van der Waals surface area contributed by atoms with Gasteiger partial charge in [0.25, 0.3) is 5.91 Å². The van der Waals surface area contributed by atoms with E-state index < -0.39 is 0 Å². The summed E-state index contributed by atoms with van der Waals surface area (Å²) in [6, 6.07) is 10.4. The highest BCUT2D eigenvalue weighted by Crippen LogP contribution is 2.27. The average Bonchev–Trinajstić information content (AvgIpc) is 2.75. The molecule has 2 N–H and O–H groups in total. The quantitative estimate of drug-likeness (QED) is 0.721. The second kappa shape index (κ2) is 9.56. The van der Waals surface area contributed by atoms with Gasteiger partial charge in [0.2, 0.25) is 5.91 Å². The summed E-state index contributed by atoms with van der Waals surface area (Å²) in [4.78, 5) is 25.6. The van der Waals surface area contributed by atoms with Gasteiger partial charge < -0.3 is 25.0 Å². The third-order valence-corrected chi connectivity index (χ3v) is 5.60. The number of hydrogen-bond donors (Lipinski definition) is 2. The molecule has 2 amide bonds. The zero-order chi connectivity index (χ0) is 22.7. The summed E-state index contributed by atoms with van der Waals surface area (Å²) in [5.74, 6) is -0.0322. The normalized spacial score (nSPS) is 20.3. The maximum atomic E-state index is 14.7. The summed E-state index contributed by atoms with van der Waals surface area (Å²) in [6.07, 6.45) is 1.18. The van der Waals surface area contributed by atoms with Crippen molar-refractivity contribution in [1.29, 1.82) is 0 Å². The van der Waals surface area contributed by atoms with Crippen molar-refractivity contribution in [3.8, 4) is 5.75 Å². The molecule has 0 saturated carbocycles. The molecule has 2 unspecified atom stereocenters. The van der Waals surface area contributed by atoms with E-state index >= 15 is 0 Å². The number of nitrogens with one attached hydrogen (secondary N) is 2. The third-order valence-electron chi connectivity index (χ3n) is 5.60. The first-order chi connectivity index (χ1) is 15.4. The number of nitrogens with zero attached hydrogens (tertiary/aromatic N) is 1. The SMILES string of the molecule is CC1CN(c2ccc(CNC(=O)COc3ccc4c(c3)CCC(=O)N4)cc2F)CC(C)O1. The topological polar surface area (TPSA) is 79.9 Å². The minimum absolute atomic E-state index is 0.00378. The fraction of sp³-hybridized carbons (Fsp3) is 0.417. The Morgan fingerprint density at radius 3 is 2.72 bits per heavy atom. The van der Waals surface area contributed by atoms with Crippen LogP contribution < -0.4 is 20.3 Å². The van der Waals surface area contributed by atoms with E-state index in [9.17, 15) is 14.0 Å². The number of fused-ring (bicyclic) bond motifs is 1. The molecule has 2 aromatic carbocycles. The molecular formula is C24H28FN3O4. The van der Waals surface area contributed by atoms with Gasteiger partial charge in [-0.25, -0.2) is 4.39 Å². The molecule has 0 radical (unpaired) electrons. The first-order valence-corrected chi connectivity index (χ1v) is 10.9. The first-order valence-electron chi connectivity index (χ1n) is 10.9. The summed E-state index contributed by atoms with van der Waals surface area (Å²) in [6.45, 7) is 5.32. The molecule has 0 spiro atoms. The van der Waals surface area contributed by atoms with Gasteiger partial charge in [-0.05, 0) is 61.7 Å². The zero-order valence-electron chi connectivity index (χ0n) is 18.3. The number of morpholine rings is 1. The molecule has 2 aliphatic rings. The summed E-state index contributed by atoms with van der Waals surface area (Å²) in [5, 5.41) is 5.57. The van der Waals surface area contributed by atoms with Crippen LogP contribution in [0.25, 0.3) is 0 Å². The van der Waals surface area contributed by atoms with Crippen molar-refractivity contribution in [2.75, 3.05) is 29.9 Å². The molecule has 2 atom stereocenters. The number of rotatable bonds is 6. The highest BCUT2D eigenvalue weighted by Gasteiger charge is 2.24. The van der Waals surface area contributed by atoms with E-state index in [4.69, 9.17) is 9.47 Å². The van der Waals surface area contributed by atoms with Gasteiger partial charge in [0.1, 0.15) is 11.6 Å². The van der Waals surface area contributed by atoms with Gasteiger partial charge in [0, 0.05) is 31.7 Å². The number of carbonyl (C=O) groups is 2. The van der Waals surface area contributed by atoms with E-state index in [2.05, 4.69) is 10.6 Å². The molecule has 2 heterocycles. The highest BCUT2D eigenvalue weighted by atomic mass is 19.1. The maximum Gasteiger partial charge on any atom is 0.258 e. The van der Waals surface area contributed by atoms with Crippen LogP contribution in [0.5, 0.6) is 5.75 Å². The van der Waals surface area contributed by atoms with Crippen LogP contribution in [0.15, 0.2) is 36.4 Å². The number of anilines is 2. The maximum absolute atomic E-state index is 14.7. The van der Waals surface area contributed by atoms with Gasteiger partial charge in [-0.2, -0.15) is 0 Å². The fourth-order valence-electron chi connectivity index (χ4n) is 4.14. The van der Waals surface area contributed by atoms with Crippen molar-refractivity contribution in [1.82, 2.24) is 5.32 Å². The Balaban J connectivity index is 1.28. The Morgan fingerprint density at radius 2 is 1.97 bits per heavy atom. The molecule has 2 aliphatic heterocycles. The second-order valence-corrected chi connectivity index (χ2v) is 8.38. The van der Waals surface area contributed by atoms with Crippen LogP contribution in [0.3, 0.4) is 0 Å². The molecule has 0 aliphatic carbocycles. The van der Waals surface area contributed by atoms with E-state index in [1.165, 1.54) is 6.07 Å². The molecule has 1 saturated heterocycles. The Labute approximate surface area is 186 Å². The fourth-order valence-corrected chi connectivity index (χ4v) is 4.14. The predicted molar refractivity (Wildman–Crippen MR) is 119 cm³/mol. The Bertz CT molecular complexity index is 1000. The molecular weight excluding hydrogens is 413 g/mol. The van der Waals surface area contributed by atoms with Crippen LogP contribution >= 0.6 is 0 Å². The summed E-state index contributed by atoms with van der Waals surface area (Å²) in [5.41, 5.74) is 3.00. The first kappa shape index (κ1) is 22.1. The van der Waals surface area contributed by atoms with E-state index in [-0.39, 0.29) is 43.0 Å². The van der Waals surface area contributed by atoms with Gasteiger partial charge in [-0.1, -0.05) is 6.07 Å². The van der Waals surface area contributed by atoms with E-state index in [1.54, 1.807) is 18.2 Å². The minimum Gasteiger partial charge on any atom is -0.484 e. The van der Waals surface area contributed by atoms with Gasteiger partial charge in [-0.3, -0.25) is 9.59 Å². The van der Waals surface area contributed by atoms with Crippen molar-refractivity contribution >= 4 is 23.2 Å². The number of ether oxygens (including phenoxy) is 2. The van der Waals surface area contributed by atoms with Crippen molar-refractivity contribution in [3.63, 3.8) is 0 Å². The monoisotopic (exact) mass is 441 g/mol. The largest absolute Gasteiger partial charge is 0.484 e. The lowest BCUT2D eigenvalue weighted by Gasteiger charge is -2.37. The van der Waals surface area contributed by atoms with Crippen LogP contribution in [0.4, 0.5) is 15.8 Å². The molecule has 8 heteroatoms. The van der Waals surface area contributed by atoms with Crippen LogP contribution in [-0.2, 0) is 27.3 Å². The Morgan fingerprint density at radius 1 is 1.19 bits per heavy atom. The number of hydrogen-bond acceptors (Lipinski definition) is 5. The second-order valence-electron chi connectivity index (χ2n) is 8.38. The van der Waals surface area contributed by atoms with Crippen LogP contribution in [0.1, 0.15) is 31.4 Å². The standard InChI is InChI=1S/C24H28FN3O4/c1-15-12-28(13-16(2)32-15)22-7-3-17(9-20(22)25)11-26-24(30)14-31-19-5-6-21-18(10-19)4-8-23(29)27-21/h3,5-7,9-10,15-16H,4,8,11-14H2,1-2H3,(H,26,30)(H,27,29). The molecule has 7 nitrogen and oxygen atoms in total. The van der Waals surface area contributed by atoms with Crippen molar-refractivity contribution in [2.24, 2.45) is 0 Å². The number of halogens is 1. The lowest BCUT2D eigenvalue weighted by Crippen LogP contribution is -2.45. The molecule has 2 aromatic rings. The lowest BCUT2D eigenvalue weighted by molar-refractivity contribution is -0.123. The average molecular weight is 442 g/mol. The van der Waals surface area contributed by atoms with Crippen molar-refractivity contribution < 1.29 is 23.5 Å². The van der Waals surface area contributed by atoms with Gasteiger partial charge in [-0.15, -0.1) is 0 Å². The van der Waals surface area contributed by atoms with Crippen molar-refractivity contribution in [2.45, 2.75) is 45.4 Å². The molecule has 4 rings (SSSR count). The Kier molecular flexibility index (Phi) is 6.60. The number of aryl methyl sites for hydroxylation is 1.